The fourth-order valence-electron chi connectivity index (χ4n) is 6.29. The van der Waals surface area contributed by atoms with Crippen molar-refractivity contribution < 1.29 is 24.6 Å². The lowest BCUT2D eigenvalue weighted by atomic mass is 9.95. The van der Waals surface area contributed by atoms with E-state index >= 15 is 0 Å². The van der Waals surface area contributed by atoms with E-state index in [9.17, 15) is 24.6 Å². The van der Waals surface area contributed by atoms with Gasteiger partial charge < -0.3 is 25.7 Å². The molecule has 5 atom stereocenters. The Morgan fingerprint density at radius 2 is 1.68 bits per heavy atom. The molecule has 8 nitrogen and oxygen atoms in total. The lowest BCUT2D eigenvalue weighted by molar-refractivity contribution is -0.150. The Morgan fingerprint density at radius 1 is 0.951 bits per heavy atom. The first kappa shape index (κ1) is 28.4. The Hall–Kier alpha value is -4.17. The van der Waals surface area contributed by atoms with Gasteiger partial charge in [0, 0.05) is 23.7 Å². The molecule has 2 bridgehead atoms. The molecular formula is C33H37N3O5. The van der Waals surface area contributed by atoms with Crippen LogP contribution in [0, 0.1) is 19.8 Å². The van der Waals surface area contributed by atoms with Crippen LogP contribution in [0.3, 0.4) is 0 Å². The lowest BCUT2D eigenvalue weighted by Gasteiger charge is -2.37. The van der Waals surface area contributed by atoms with Crippen LogP contribution in [0.1, 0.15) is 51.9 Å². The zero-order valence-electron chi connectivity index (χ0n) is 23.4. The molecule has 1 saturated carbocycles. The van der Waals surface area contributed by atoms with Crippen molar-refractivity contribution in [1.82, 2.24) is 15.5 Å². The van der Waals surface area contributed by atoms with E-state index in [1.54, 1.807) is 24.0 Å². The zero-order chi connectivity index (χ0) is 29.1. The molecule has 2 aliphatic rings. The predicted molar refractivity (Wildman–Crippen MR) is 155 cm³/mol. The number of amides is 3. The third-order valence-corrected chi connectivity index (χ3v) is 8.62. The van der Waals surface area contributed by atoms with Gasteiger partial charge in [0.25, 0.3) is 11.8 Å². The number of rotatable bonds is 9. The van der Waals surface area contributed by atoms with Crippen LogP contribution in [-0.4, -0.2) is 57.1 Å². The Bertz CT molecular complexity index is 1430. The summed E-state index contributed by atoms with van der Waals surface area (Å²) in [4.78, 5) is 42.3. The maximum absolute atomic E-state index is 14.0. The molecule has 41 heavy (non-hydrogen) atoms. The molecule has 1 aliphatic carbocycles. The second-order valence-corrected chi connectivity index (χ2v) is 11.2. The number of piperidine rings is 1. The summed E-state index contributed by atoms with van der Waals surface area (Å²) in [6.07, 6.45) is 1.00. The number of benzene rings is 3. The standard InChI is InChI=1S/C33H37N3O5/c1-20-9-6-7-12-24(20)19-34-32(40)29-23-15-16-25(18-23)36(29)33(41)30(38)27(17-22-10-4-3-5-11-22)35-31(39)26-13-8-14-28(37)21(26)2/h3-14,23,25,27,29-30,37-38H,15-19H2,1-2H3,(H,34,40)(H,35,39)/t23-,25-,27+,29+,30+/m1/s1. The summed E-state index contributed by atoms with van der Waals surface area (Å²) in [5.41, 5.74) is 3.59. The molecule has 1 aliphatic heterocycles. The first-order valence-electron chi connectivity index (χ1n) is 14.2. The SMILES string of the molecule is Cc1ccccc1CNC(=O)[C@@H]1[C@@H]2CC[C@H](C2)N1C(=O)[C@@H](O)[C@H](Cc1ccccc1)NC(=O)c1cccc(O)c1C. The molecule has 0 aromatic heterocycles. The summed E-state index contributed by atoms with van der Waals surface area (Å²) in [5.74, 6) is -1.25. The van der Waals surface area contributed by atoms with Crippen molar-refractivity contribution >= 4 is 17.7 Å². The number of fused-ring (bicyclic) bond motifs is 2. The summed E-state index contributed by atoms with van der Waals surface area (Å²) in [7, 11) is 0. The van der Waals surface area contributed by atoms with E-state index in [4.69, 9.17) is 0 Å². The van der Waals surface area contributed by atoms with Crippen LogP contribution in [0.4, 0.5) is 0 Å². The van der Waals surface area contributed by atoms with Gasteiger partial charge in [0.05, 0.1) is 6.04 Å². The molecule has 4 N–H and O–H groups in total. The van der Waals surface area contributed by atoms with Gasteiger partial charge in [-0.2, -0.15) is 0 Å². The van der Waals surface area contributed by atoms with Gasteiger partial charge in [0.15, 0.2) is 6.10 Å². The van der Waals surface area contributed by atoms with E-state index in [2.05, 4.69) is 10.6 Å². The number of nitrogens with one attached hydrogen (secondary N) is 2. The highest BCUT2D eigenvalue weighted by molar-refractivity contribution is 5.97. The second kappa shape index (κ2) is 12.1. The summed E-state index contributed by atoms with van der Waals surface area (Å²) in [6, 6.07) is 20.1. The third kappa shape index (κ3) is 5.98. The molecule has 5 rings (SSSR count). The maximum Gasteiger partial charge on any atom is 0.254 e. The number of aliphatic hydroxyl groups excluding tert-OH is 1. The van der Waals surface area contributed by atoms with Gasteiger partial charge in [-0.05, 0) is 74.3 Å². The minimum atomic E-state index is -1.57. The van der Waals surface area contributed by atoms with Gasteiger partial charge >= 0.3 is 0 Å². The van der Waals surface area contributed by atoms with Crippen molar-refractivity contribution in [1.29, 1.82) is 0 Å². The van der Waals surface area contributed by atoms with E-state index in [-0.39, 0.29) is 35.6 Å². The topological polar surface area (TPSA) is 119 Å². The Kier molecular flexibility index (Phi) is 8.40. The maximum atomic E-state index is 14.0. The third-order valence-electron chi connectivity index (χ3n) is 8.62. The van der Waals surface area contributed by atoms with Crippen molar-refractivity contribution in [3.63, 3.8) is 0 Å². The number of phenols is 1. The number of likely N-dealkylation sites (tertiary alicyclic amines) is 1. The first-order chi connectivity index (χ1) is 19.7. The lowest BCUT2D eigenvalue weighted by Crippen LogP contribution is -2.59. The largest absolute Gasteiger partial charge is 0.508 e. The van der Waals surface area contributed by atoms with Gasteiger partial charge in [-0.1, -0.05) is 60.7 Å². The van der Waals surface area contributed by atoms with E-state index in [0.717, 1.165) is 36.0 Å². The van der Waals surface area contributed by atoms with Crippen molar-refractivity contribution in [2.24, 2.45) is 5.92 Å². The minimum absolute atomic E-state index is 0.0125. The second-order valence-electron chi connectivity index (χ2n) is 11.2. The van der Waals surface area contributed by atoms with Gasteiger partial charge in [0.2, 0.25) is 5.91 Å². The average molecular weight is 556 g/mol. The highest BCUT2D eigenvalue weighted by atomic mass is 16.3. The first-order valence-corrected chi connectivity index (χ1v) is 14.2. The summed E-state index contributed by atoms with van der Waals surface area (Å²) < 4.78 is 0. The molecule has 3 amide bonds. The smallest absolute Gasteiger partial charge is 0.254 e. The molecule has 0 radical (unpaired) electrons. The van der Waals surface area contributed by atoms with E-state index < -0.39 is 30.0 Å². The number of carbonyl (C=O) groups is 3. The molecule has 1 heterocycles. The predicted octanol–water partition coefficient (Wildman–Crippen LogP) is 3.41. The number of hydrogen-bond donors (Lipinski definition) is 4. The Morgan fingerprint density at radius 3 is 2.44 bits per heavy atom. The Balaban J connectivity index is 1.36. The molecule has 2 fully saturated rings. The number of aliphatic hydroxyl groups is 1. The fourth-order valence-corrected chi connectivity index (χ4v) is 6.29. The fraction of sp³-hybridized carbons (Fsp3) is 0.364. The number of nitrogens with zero attached hydrogens (tertiary/aromatic N) is 1. The molecule has 0 spiro atoms. The van der Waals surface area contributed by atoms with Gasteiger partial charge in [-0.3, -0.25) is 14.4 Å². The highest BCUT2D eigenvalue weighted by Crippen LogP contribution is 2.43. The quantitative estimate of drug-likeness (QED) is 0.323. The van der Waals surface area contributed by atoms with Gasteiger partial charge in [-0.25, -0.2) is 0 Å². The molecule has 1 saturated heterocycles. The van der Waals surface area contributed by atoms with Crippen molar-refractivity contribution in [3.05, 3.63) is 101 Å². The molecule has 8 heteroatoms. The van der Waals surface area contributed by atoms with Crippen molar-refractivity contribution in [2.45, 2.75) is 70.3 Å². The van der Waals surface area contributed by atoms with Crippen molar-refractivity contribution in [3.8, 4) is 5.75 Å². The molecule has 214 valence electrons. The number of hydrogen-bond acceptors (Lipinski definition) is 5. The van der Waals surface area contributed by atoms with Crippen molar-refractivity contribution in [2.75, 3.05) is 0 Å². The van der Waals surface area contributed by atoms with Crippen LogP contribution in [0.2, 0.25) is 0 Å². The van der Waals surface area contributed by atoms with Crippen LogP contribution in [-0.2, 0) is 22.6 Å². The molecule has 3 aromatic carbocycles. The van der Waals surface area contributed by atoms with Crippen LogP contribution >= 0.6 is 0 Å². The number of aryl methyl sites for hydroxylation is 1. The van der Waals surface area contributed by atoms with Crippen LogP contribution in [0.25, 0.3) is 0 Å². The monoisotopic (exact) mass is 555 g/mol. The highest BCUT2D eigenvalue weighted by Gasteiger charge is 2.52. The normalized spacial score (nSPS) is 20.9. The number of carbonyl (C=O) groups excluding carboxylic acids is 3. The number of phenolic OH excluding ortho intramolecular Hbond substituents is 1. The van der Waals surface area contributed by atoms with Crippen LogP contribution in [0.5, 0.6) is 5.75 Å². The van der Waals surface area contributed by atoms with E-state index in [0.29, 0.717) is 12.1 Å². The summed E-state index contributed by atoms with van der Waals surface area (Å²) in [5, 5.41) is 27.5. The van der Waals surface area contributed by atoms with Gasteiger partial charge in [0.1, 0.15) is 11.8 Å². The Labute approximate surface area is 240 Å². The average Bonchev–Trinajstić information content (AvgIpc) is 3.60. The minimum Gasteiger partial charge on any atom is -0.508 e. The zero-order valence-corrected chi connectivity index (χ0v) is 23.4. The van der Waals surface area contributed by atoms with Gasteiger partial charge in [-0.15, -0.1) is 0 Å². The molecule has 0 unspecified atom stereocenters. The van der Waals surface area contributed by atoms with Crippen LogP contribution < -0.4 is 10.6 Å². The van der Waals surface area contributed by atoms with E-state index in [1.807, 2.05) is 61.5 Å². The summed E-state index contributed by atoms with van der Waals surface area (Å²) >= 11 is 0. The molecule has 3 aromatic rings. The molecular weight excluding hydrogens is 518 g/mol. The summed E-state index contributed by atoms with van der Waals surface area (Å²) in [6.45, 7) is 3.99. The van der Waals surface area contributed by atoms with Crippen LogP contribution in [0.15, 0.2) is 72.8 Å². The van der Waals surface area contributed by atoms with E-state index in [1.165, 1.54) is 6.07 Å². The number of aromatic hydroxyl groups is 1.